The van der Waals surface area contributed by atoms with Crippen LogP contribution in [0.5, 0.6) is 17.2 Å². The van der Waals surface area contributed by atoms with Crippen LogP contribution in [-0.2, 0) is 4.79 Å². The minimum Gasteiger partial charge on any atom is -0.497 e. The smallest absolute Gasteiger partial charge is 0.349 e. The van der Waals surface area contributed by atoms with Gasteiger partial charge >= 0.3 is 5.97 Å². The molecule has 0 aliphatic rings. The van der Waals surface area contributed by atoms with E-state index >= 15 is 0 Å². The van der Waals surface area contributed by atoms with Gasteiger partial charge in [-0.2, -0.15) is 0 Å². The van der Waals surface area contributed by atoms with Gasteiger partial charge in [-0.25, -0.2) is 9.78 Å². The van der Waals surface area contributed by atoms with Gasteiger partial charge in [-0.05, 0) is 24.3 Å². The molecule has 0 saturated carbocycles. The second-order valence-electron chi connectivity index (χ2n) is 4.80. The van der Waals surface area contributed by atoms with E-state index in [0.29, 0.717) is 28.7 Å². The Morgan fingerprint density at radius 2 is 1.96 bits per heavy atom. The van der Waals surface area contributed by atoms with Gasteiger partial charge in [-0.15, -0.1) is 0 Å². The first-order chi connectivity index (χ1) is 11.1. The average Bonchev–Trinajstić information content (AvgIpc) is 2.92. The molecule has 23 heavy (non-hydrogen) atoms. The van der Waals surface area contributed by atoms with E-state index in [0.717, 1.165) is 5.52 Å². The molecule has 118 valence electrons. The number of nitrogens with zero attached hydrogens (tertiary/aromatic N) is 1. The SMILES string of the molecule is COc1cccc(OCC(=O)Oc2ccc3nc(C)oc3c2)c1. The van der Waals surface area contributed by atoms with E-state index in [9.17, 15) is 4.79 Å². The molecule has 0 radical (unpaired) electrons. The Morgan fingerprint density at radius 3 is 2.78 bits per heavy atom. The summed E-state index contributed by atoms with van der Waals surface area (Å²) in [6, 6.07) is 12.0. The highest BCUT2D eigenvalue weighted by molar-refractivity contribution is 5.78. The number of oxazole rings is 1. The van der Waals surface area contributed by atoms with Crippen LogP contribution in [0.15, 0.2) is 46.9 Å². The summed E-state index contributed by atoms with van der Waals surface area (Å²) in [5, 5.41) is 0. The van der Waals surface area contributed by atoms with E-state index in [1.807, 2.05) is 0 Å². The lowest BCUT2D eigenvalue weighted by Crippen LogP contribution is -2.17. The Kier molecular flexibility index (Phi) is 4.14. The molecule has 3 rings (SSSR count). The molecule has 0 unspecified atom stereocenters. The lowest BCUT2D eigenvalue weighted by molar-refractivity contribution is -0.136. The summed E-state index contributed by atoms with van der Waals surface area (Å²) in [5.74, 6) is 1.62. The van der Waals surface area contributed by atoms with Gasteiger partial charge in [0.15, 0.2) is 18.1 Å². The van der Waals surface area contributed by atoms with Crippen LogP contribution in [0.4, 0.5) is 0 Å². The van der Waals surface area contributed by atoms with Crippen LogP contribution in [0.1, 0.15) is 5.89 Å². The number of fused-ring (bicyclic) bond motifs is 1. The number of aromatic nitrogens is 1. The van der Waals surface area contributed by atoms with Gasteiger partial charge in [0.1, 0.15) is 22.8 Å². The number of hydrogen-bond donors (Lipinski definition) is 0. The topological polar surface area (TPSA) is 70.8 Å². The number of ether oxygens (including phenoxy) is 3. The van der Waals surface area contributed by atoms with Gasteiger partial charge in [0.25, 0.3) is 0 Å². The quantitative estimate of drug-likeness (QED) is 0.532. The van der Waals surface area contributed by atoms with Crippen molar-refractivity contribution in [2.75, 3.05) is 13.7 Å². The summed E-state index contributed by atoms with van der Waals surface area (Å²) >= 11 is 0. The Labute approximate surface area is 132 Å². The fourth-order valence-corrected chi connectivity index (χ4v) is 2.08. The van der Waals surface area contributed by atoms with Crippen LogP contribution in [0.25, 0.3) is 11.1 Å². The van der Waals surface area contributed by atoms with Gasteiger partial charge in [0, 0.05) is 19.1 Å². The predicted octanol–water partition coefficient (Wildman–Crippen LogP) is 3.13. The number of benzene rings is 2. The molecule has 0 aliphatic heterocycles. The fourth-order valence-electron chi connectivity index (χ4n) is 2.08. The summed E-state index contributed by atoms with van der Waals surface area (Å²) in [7, 11) is 1.56. The molecular weight excluding hydrogens is 298 g/mol. The van der Waals surface area contributed by atoms with E-state index in [1.54, 1.807) is 56.5 Å². The number of aryl methyl sites for hydroxylation is 1. The van der Waals surface area contributed by atoms with Gasteiger partial charge < -0.3 is 18.6 Å². The molecule has 0 aliphatic carbocycles. The maximum atomic E-state index is 11.9. The summed E-state index contributed by atoms with van der Waals surface area (Å²) in [6.45, 7) is 1.55. The van der Waals surface area contributed by atoms with Gasteiger partial charge in [-0.1, -0.05) is 6.07 Å². The van der Waals surface area contributed by atoms with Crippen LogP contribution >= 0.6 is 0 Å². The molecule has 0 atom stereocenters. The van der Waals surface area contributed by atoms with E-state index in [-0.39, 0.29) is 6.61 Å². The molecule has 3 aromatic rings. The molecule has 0 bridgehead atoms. The first-order valence-electron chi connectivity index (χ1n) is 6.99. The molecule has 0 spiro atoms. The number of esters is 1. The van der Waals surface area contributed by atoms with E-state index in [2.05, 4.69) is 4.98 Å². The molecule has 1 heterocycles. The molecule has 6 nitrogen and oxygen atoms in total. The van der Waals surface area contributed by atoms with E-state index < -0.39 is 5.97 Å². The second kappa shape index (κ2) is 6.39. The standard InChI is InChI=1S/C17H15NO5/c1-11-18-15-7-6-14(9-16(15)22-11)23-17(19)10-21-13-5-3-4-12(8-13)20-2/h3-9H,10H2,1-2H3. The number of carbonyl (C=O) groups is 1. The van der Waals surface area contributed by atoms with E-state index in [4.69, 9.17) is 18.6 Å². The molecule has 0 N–H and O–H groups in total. The molecule has 0 fully saturated rings. The van der Waals surface area contributed by atoms with Crippen molar-refractivity contribution in [3.63, 3.8) is 0 Å². The third kappa shape index (κ3) is 3.60. The summed E-state index contributed by atoms with van der Waals surface area (Å²) < 4.78 is 21.1. The van der Waals surface area contributed by atoms with Crippen LogP contribution in [-0.4, -0.2) is 24.7 Å². The molecular formula is C17H15NO5. The van der Waals surface area contributed by atoms with Crippen molar-refractivity contribution in [2.45, 2.75) is 6.92 Å². The van der Waals surface area contributed by atoms with Crippen molar-refractivity contribution >= 4 is 17.1 Å². The third-order valence-electron chi connectivity index (χ3n) is 3.10. The van der Waals surface area contributed by atoms with Crippen molar-refractivity contribution in [1.29, 1.82) is 0 Å². The minimum atomic E-state index is -0.511. The Bertz CT molecular complexity index is 840. The normalized spacial score (nSPS) is 10.5. The van der Waals surface area contributed by atoms with E-state index in [1.165, 1.54) is 0 Å². The second-order valence-corrected chi connectivity index (χ2v) is 4.80. The molecule has 0 saturated heterocycles. The largest absolute Gasteiger partial charge is 0.497 e. The van der Waals surface area contributed by atoms with Crippen molar-refractivity contribution in [1.82, 2.24) is 4.98 Å². The van der Waals surface area contributed by atoms with Crippen LogP contribution < -0.4 is 14.2 Å². The highest BCUT2D eigenvalue weighted by atomic mass is 16.6. The van der Waals surface area contributed by atoms with Gasteiger partial charge in [0.05, 0.1) is 7.11 Å². The molecule has 6 heteroatoms. The van der Waals surface area contributed by atoms with Crippen molar-refractivity contribution < 1.29 is 23.4 Å². The fraction of sp³-hybridized carbons (Fsp3) is 0.176. The predicted molar refractivity (Wildman–Crippen MR) is 82.9 cm³/mol. The zero-order chi connectivity index (χ0) is 16.2. The number of carbonyl (C=O) groups excluding carboxylic acids is 1. The number of hydrogen-bond acceptors (Lipinski definition) is 6. The molecule has 2 aromatic carbocycles. The van der Waals surface area contributed by atoms with Crippen LogP contribution in [0.2, 0.25) is 0 Å². The monoisotopic (exact) mass is 313 g/mol. The maximum absolute atomic E-state index is 11.9. The highest BCUT2D eigenvalue weighted by Gasteiger charge is 2.09. The zero-order valence-electron chi connectivity index (χ0n) is 12.7. The molecule has 0 amide bonds. The maximum Gasteiger partial charge on any atom is 0.349 e. The highest BCUT2D eigenvalue weighted by Crippen LogP contribution is 2.22. The van der Waals surface area contributed by atoms with Crippen molar-refractivity contribution in [3.05, 3.63) is 48.4 Å². The number of methoxy groups -OCH3 is 1. The first-order valence-corrected chi connectivity index (χ1v) is 6.99. The lowest BCUT2D eigenvalue weighted by atomic mass is 10.3. The van der Waals surface area contributed by atoms with Crippen molar-refractivity contribution in [2.24, 2.45) is 0 Å². The first kappa shape index (κ1) is 14.9. The van der Waals surface area contributed by atoms with Crippen LogP contribution in [0, 0.1) is 6.92 Å². The molecule has 1 aromatic heterocycles. The lowest BCUT2D eigenvalue weighted by Gasteiger charge is -2.07. The summed E-state index contributed by atoms with van der Waals surface area (Å²) in [4.78, 5) is 16.0. The zero-order valence-corrected chi connectivity index (χ0v) is 12.7. The third-order valence-corrected chi connectivity index (χ3v) is 3.10. The number of rotatable bonds is 5. The van der Waals surface area contributed by atoms with Gasteiger partial charge in [-0.3, -0.25) is 0 Å². The Morgan fingerprint density at radius 1 is 1.13 bits per heavy atom. The average molecular weight is 313 g/mol. The summed E-state index contributed by atoms with van der Waals surface area (Å²) in [5.41, 5.74) is 1.29. The van der Waals surface area contributed by atoms with Crippen LogP contribution in [0.3, 0.4) is 0 Å². The van der Waals surface area contributed by atoms with Crippen molar-refractivity contribution in [3.8, 4) is 17.2 Å². The minimum absolute atomic E-state index is 0.208. The Hall–Kier alpha value is -3.02. The summed E-state index contributed by atoms with van der Waals surface area (Å²) in [6.07, 6.45) is 0. The Balaban J connectivity index is 1.61. The van der Waals surface area contributed by atoms with Gasteiger partial charge in [0.2, 0.25) is 0 Å².